The number of nitrogens with one attached hydrogen (secondary N) is 1. The maximum atomic E-state index is 9.70. The summed E-state index contributed by atoms with van der Waals surface area (Å²) in [5, 5.41) is 14.9. The van der Waals surface area contributed by atoms with Gasteiger partial charge in [0.1, 0.15) is 0 Å². The molecule has 0 saturated heterocycles. The quantitative estimate of drug-likeness (QED) is 0.271. The minimum Gasteiger partial charge on any atom is -0.408 e. The predicted octanol–water partition coefficient (Wildman–Crippen LogP) is -0.489. The average Bonchev–Trinajstić information content (AvgIpc) is 2.12. The molecule has 1 aromatic heterocycles. The molecule has 0 aliphatic rings. The van der Waals surface area contributed by atoms with Crippen LogP contribution in [0.1, 0.15) is 0 Å². The van der Waals surface area contributed by atoms with Crippen LogP contribution in [0.3, 0.4) is 0 Å². The Morgan fingerprint density at radius 2 is 2.44 bits per heavy atom. The Labute approximate surface area is 60.3 Å². The van der Waals surface area contributed by atoms with Crippen molar-refractivity contribution in [3.63, 3.8) is 0 Å². The van der Waals surface area contributed by atoms with Crippen LogP contribution in [0, 0.1) is 16.4 Å². The summed E-state index contributed by atoms with van der Waals surface area (Å²) in [5.41, 5.74) is 0. The number of aromatic nitrogens is 3. The number of aromatic amines is 1. The van der Waals surface area contributed by atoms with Crippen LogP contribution in [0.15, 0.2) is 0 Å². The molecule has 9 heavy (non-hydrogen) atoms. The van der Waals surface area contributed by atoms with Crippen molar-refractivity contribution in [2.24, 2.45) is 0 Å². The summed E-state index contributed by atoms with van der Waals surface area (Å²) in [5.74, 6) is -0.454. The number of hydrogen-bond donors (Lipinski definition) is 1. The van der Waals surface area contributed by atoms with E-state index in [1.165, 1.54) is 0 Å². The van der Waals surface area contributed by atoms with Crippen molar-refractivity contribution in [3.05, 3.63) is 16.4 Å². The fourth-order valence-electron chi connectivity index (χ4n) is 0.257. The molecule has 0 saturated carbocycles. The van der Waals surface area contributed by atoms with Crippen molar-refractivity contribution in [3.8, 4) is 0 Å². The molecule has 0 radical (unpaired) electrons. The topological polar surface area (TPSA) is 84.7 Å². The Kier molecular flexibility index (Phi) is 2.83. The number of nitro groups is 1. The van der Waals surface area contributed by atoms with Crippen molar-refractivity contribution in [2.75, 3.05) is 0 Å². The van der Waals surface area contributed by atoms with Gasteiger partial charge in [0.05, 0.1) is 6.33 Å². The third-order valence-corrected chi connectivity index (χ3v) is 0.525. The van der Waals surface area contributed by atoms with Crippen molar-refractivity contribution in [2.45, 2.75) is 0 Å². The molecule has 0 aromatic carbocycles. The SMILES string of the molecule is O=[N+]([O-])c1n[c-][nH]n1.[Cu+]. The zero-order chi connectivity index (χ0) is 5.98. The number of H-pyrrole nitrogens is 1. The van der Waals surface area contributed by atoms with Gasteiger partial charge in [-0.05, 0) is 0 Å². The van der Waals surface area contributed by atoms with Gasteiger partial charge in [-0.1, -0.05) is 5.10 Å². The fourth-order valence-corrected chi connectivity index (χ4v) is 0.257. The Morgan fingerprint density at radius 3 is 2.67 bits per heavy atom. The Hall–Kier alpha value is -0.941. The molecule has 52 valence electrons. The van der Waals surface area contributed by atoms with E-state index in [2.05, 4.69) is 21.5 Å². The second kappa shape index (κ2) is 3.16. The van der Waals surface area contributed by atoms with Gasteiger partial charge >= 0.3 is 23.0 Å². The fraction of sp³-hybridized carbons (Fsp3) is 0. The Morgan fingerprint density at radius 1 is 1.78 bits per heavy atom. The zero-order valence-corrected chi connectivity index (χ0v) is 4.90. The summed E-state index contributed by atoms with van der Waals surface area (Å²) in [7, 11) is 0. The third-order valence-electron chi connectivity index (χ3n) is 0.525. The summed E-state index contributed by atoms with van der Waals surface area (Å²) in [6.45, 7) is 0. The second-order valence-electron chi connectivity index (χ2n) is 1.00. The zero-order valence-electron chi connectivity index (χ0n) is 3.96. The van der Waals surface area contributed by atoms with E-state index in [9.17, 15) is 10.1 Å². The molecule has 1 rings (SSSR count). The smallest absolute Gasteiger partial charge is 0.408 e. The van der Waals surface area contributed by atoms with Crippen molar-refractivity contribution in [1.82, 2.24) is 15.2 Å². The molecular formula is C2HCuN4O2. The monoisotopic (exact) mass is 176 g/mol. The number of nitrogens with zero attached hydrogens (tertiary/aromatic N) is 3. The maximum Gasteiger partial charge on any atom is 1.00 e. The van der Waals surface area contributed by atoms with Crippen LogP contribution < -0.4 is 0 Å². The normalized spacial score (nSPS) is 8.00. The van der Waals surface area contributed by atoms with E-state index in [1.807, 2.05) is 0 Å². The first kappa shape index (κ1) is 8.06. The molecule has 7 heteroatoms. The minimum atomic E-state index is -0.701. The first-order valence-corrected chi connectivity index (χ1v) is 1.73. The van der Waals surface area contributed by atoms with Gasteiger partial charge in [0.15, 0.2) is 0 Å². The minimum absolute atomic E-state index is 0. The van der Waals surface area contributed by atoms with Crippen LogP contribution in [0.25, 0.3) is 0 Å². The Bertz CT molecular complexity index is 184. The summed E-state index contributed by atoms with van der Waals surface area (Å²) in [6.07, 6.45) is 2.08. The van der Waals surface area contributed by atoms with Crippen LogP contribution in [-0.2, 0) is 17.1 Å². The van der Waals surface area contributed by atoms with Crippen LogP contribution in [-0.4, -0.2) is 20.1 Å². The summed E-state index contributed by atoms with van der Waals surface area (Å²) >= 11 is 0. The van der Waals surface area contributed by atoms with Crippen LogP contribution in [0.2, 0.25) is 0 Å². The van der Waals surface area contributed by atoms with Gasteiger partial charge in [-0.15, -0.1) is 4.92 Å². The summed E-state index contributed by atoms with van der Waals surface area (Å²) in [4.78, 5) is 12.1. The Balaban J connectivity index is 0.000000640. The number of hydrogen-bond acceptors (Lipinski definition) is 4. The van der Waals surface area contributed by atoms with Gasteiger partial charge in [-0.25, -0.2) is 0 Å². The molecule has 0 fully saturated rings. The molecule has 0 amide bonds. The van der Waals surface area contributed by atoms with E-state index in [-0.39, 0.29) is 17.1 Å². The van der Waals surface area contributed by atoms with Crippen molar-refractivity contribution < 1.29 is 22.0 Å². The van der Waals surface area contributed by atoms with Crippen molar-refractivity contribution >= 4 is 5.95 Å². The van der Waals surface area contributed by atoms with E-state index < -0.39 is 10.9 Å². The summed E-state index contributed by atoms with van der Waals surface area (Å²) < 4.78 is 0. The molecule has 0 atom stereocenters. The second-order valence-corrected chi connectivity index (χ2v) is 1.00. The molecule has 0 bridgehead atoms. The third kappa shape index (κ3) is 1.79. The molecule has 0 aliphatic heterocycles. The van der Waals surface area contributed by atoms with Gasteiger partial charge in [-0.2, -0.15) is 0 Å². The van der Waals surface area contributed by atoms with E-state index >= 15 is 0 Å². The van der Waals surface area contributed by atoms with Crippen LogP contribution in [0.5, 0.6) is 0 Å². The van der Waals surface area contributed by atoms with E-state index in [1.54, 1.807) is 0 Å². The van der Waals surface area contributed by atoms with Gasteiger partial charge < -0.3 is 10.1 Å². The van der Waals surface area contributed by atoms with Gasteiger partial charge in [0.2, 0.25) is 0 Å². The standard InChI is InChI=1S/C2HN4O2.Cu/c7-6(8)2-3-1-4-5-2;/h(H,3,4,5);/q-1;+1. The molecule has 6 nitrogen and oxygen atoms in total. The average molecular weight is 177 g/mol. The maximum absolute atomic E-state index is 9.70. The van der Waals surface area contributed by atoms with E-state index in [0.29, 0.717) is 0 Å². The molecule has 0 spiro atoms. The van der Waals surface area contributed by atoms with Crippen LogP contribution in [0.4, 0.5) is 5.95 Å². The summed E-state index contributed by atoms with van der Waals surface area (Å²) in [6, 6.07) is 0. The van der Waals surface area contributed by atoms with Crippen LogP contribution >= 0.6 is 0 Å². The molecule has 1 N–H and O–H groups in total. The molecule has 1 heterocycles. The number of rotatable bonds is 1. The van der Waals surface area contributed by atoms with Crippen molar-refractivity contribution in [1.29, 1.82) is 0 Å². The predicted molar refractivity (Wildman–Crippen MR) is 21.9 cm³/mol. The van der Waals surface area contributed by atoms with Gasteiger partial charge in [-0.3, -0.25) is 10.1 Å². The first-order chi connectivity index (χ1) is 3.80. The molecule has 0 unspecified atom stereocenters. The van der Waals surface area contributed by atoms with Gasteiger partial charge in [0.25, 0.3) is 0 Å². The van der Waals surface area contributed by atoms with Gasteiger partial charge in [0, 0.05) is 0 Å². The first-order valence-electron chi connectivity index (χ1n) is 1.73. The molecule has 0 aliphatic carbocycles. The molecular weight excluding hydrogens is 176 g/mol. The van der Waals surface area contributed by atoms with E-state index in [4.69, 9.17) is 0 Å². The van der Waals surface area contributed by atoms with E-state index in [0.717, 1.165) is 0 Å². The largest absolute Gasteiger partial charge is 1.00 e. The molecule has 1 aromatic rings.